The van der Waals surface area contributed by atoms with Crippen molar-refractivity contribution < 1.29 is 4.48 Å². The minimum Gasteiger partial charge on any atom is -0.331 e. The minimum atomic E-state index is 0.989. The van der Waals surface area contributed by atoms with Crippen LogP contribution >= 0.6 is 0 Å². The molecule has 0 aliphatic heterocycles. The van der Waals surface area contributed by atoms with Gasteiger partial charge in [-0.2, -0.15) is 0 Å². The van der Waals surface area contributed by atoms with Gasteiger partial charge in [0.25, 0.3) is 0 Å². The van der Waals surface area contributed by atoms with Crippen molar-refractivity contribution in [3.8, 4) is 0 Å². The highest BCUT2D eigenvalue weighted by Gasteiger charge is 2.03. The van der Waals surface area contributed by atoms with Crippen molar-refractivity contribution in [1.29, 1.82) is 0 Å². The lowest BCUT2D eigenvalue weighted by atomic mass is 10.4. The molecule has 0 aromatic rings. The van der Waals surface area contributed by atoms with Gasteiger partial charge in [-0.3, -0.25) is 4.99 Å². The van der Waals surface area contributed by atoms with Crippen molar-refractivity contribution in [3.63, 3.8) is 0 Å². The average Bonchev–Trinajstić information content (AvgIpc) is 1.85. The molecule has 0 bridgehead atoms. The van der Waals surface area contributed by atoms with Crippen LogP contribution < -0.4 is 0 Å². The zero-order chi connectivity index (χ0) is 8.74. The van der Waals surface area contributed by atoms with Crippen LogP contribution in [0.5, 0.6) is 0 Å². The van der Waals surface area contributed by atoms with E-state index in [4.69, 9.17) is 0 Å². The molecule has 2 heteroatoms. The fourth-order valence-electron chi connectivity index (χ4n) is 0.857. The summed E-state index contributed by atoms with van der Waals surface area (Å²) in [7, 11) is 6.64. The normalized spacial score (nSPS) is 12.7. The Morgan fingerprint density at radius 2 is 1.91 bits per heavy atom. The molecule has 0 aliphatic rings. The third kappa shape index (κ3) is 9.63. The van der Waals surface area contributed by atoms with E-state index < -0.39 is 0 Å². The van der Waals surface area contributed by atoms with E-state index in [1.807, 2.05) is 6.21 Å². The molecule has 0 radical (unpaired) electrons. The van der Waals surface area contributed by atoms with Crippen molar-refractivity contribution >= 4 is 6.21 Å². The molecule has 0 amide bonds. The number of hydrogen-bond donors (Lipinski definition) is 0. The Labute approximate surface area is 70.5 Å². The Hall–Kier alpha value is -0.370. The Balaban J connectivity index is 3.21. The molecular weight excluding hydrogens is 136 g/mol. The van der Waals surface area contributed by atoms with Gasteiger partial charge in [0.05, 0.1) is 27.7 Å². The van der Waals surface area contributed by atoms with Crippen LogP contribution in [0.3, 0.4) is 0 Å². The van der Waals surface area contributed by atoms with Crippen molar-refractivity contribution in [2.75, 3.05) is 34.2 Å². The summed E-state index contributed by atoms with van der Waals surface area (Å²) in [6.45, 7) is 4.31. The van der Waals surface area contributed by atoms with E-state index in [0.717, 1.165) is 17.4 Å². The monoisotopic (exact) mass is 157 g/mol. The SMILES string of the molecule is CCC=NCCC[N+](C)(C)C. The molecule has 0 unspecified atom stereocenters. The maximum atomic E-state index is 4.26. The molecule has 0 heterocycles. The predicted octanol–water partition coefficient (Wildman–Crippen LogP) is 1.56. The quantitative estimate of drug-likeness (QED) is 0.326. The molecule has 2 nitrogen and oxygen atoms in total. The summed E-state index contributed by atoms with van der Waals surface area (Å²) in [5, 5.41) is 0. The van der Waals surface area contributed by atoms with Crippen LogP contribution in [-0.2, 0) is 0 Å². The molecule has 0 aromatic carbocycles. The van der Waals surface area contributed by atoms with Crippen molar-refractivity contribution in [1.82, 2.24) is 0 Å². The van der Waals surface area contributed by atoms with Gasteiger partial charge >= 0.3 is 0 Å². The summed E-state index contributed by atoms with van der Waals surface area (Å²) in [6, 6.07) is 0. The van der Waals surface area contributed by atoms with E-state index in [9.17, 15) is 0 Å². The third-order valence-electron chi connectivity index (χ3n) is 1.43. The lowest BCUT2D eigenvalue weighted by Crippen LogP contribution is -2.35. The zero-order valence-corrected chi connectivity index (χ0v) is 8.30. The van der Waals surface area contributed by atoms with Gasteiger partial charge in [0, 0.05) is 13.0 Å². The Kier molecular flexibility index (Phi) is 5.12. The smallest absolute Gasteiger partial charge is 0.0798 e. The summed E-state index contributed by atoms with van der Waals surface area (Å²) in [5.74, 6) is 0. The Morgan fingerprint density at radius 3 is 2.36 bits per heavy atom. The van der Waals surface area contributed by atoms with Crippen molar-refractivity contribution in [2.24, 2.45) is 4.99 Å². The van der Waals surface area contributed by atoms with Crippen LogP contribution in [0.15, 0.2) is 4.99 Å². The number of quaternary nitrogens is 1. The summed E-state index contributed by atoms with van der Waals surface area (Å²) in [5.41, 5.74) is 0. The van der Waals surface area contributed by atoms with E-state index in [-0.39, 0.29) is 0 Å². The first-order valence-corrected chi connectivity index (χ1v) is 4.35. The summed E-state index contributed by atoms with van der Waals surface area (Å²) in [6.07, 6.45) is 4.25. The van der Waals surface area contributed by atoms with E-state index in [0.29, 0.717) is 0 Å². The second kappa shape index (κ2) is 5.30. The number of aliphatic imine (C=N–C) groups is 1. The molecule has 0 atom stereocenters. The molecule has 0 fully saturated rings. The molecule has 11 heavy (non-hydrogen) atoms. The van der Waals surface area contributed by atoms with Gasteiger partial charge in [-0.15, -0.1) is 0 Å². The maximum Gasteiger partial charge on any atom is 0.0798 e. The van der Waals surface area contributed by atoms with Crippen LogP contribution in [0.2, 0.25) is 0 Å². The highest BCUT2D eigenvalue weighted by atomic mass is 15.3. The number of rotatable bonds is 5. The van der Waals surface area contributed by atoms with Crippen LogP contribution in [0.1, 0.15) is 19.8 Å². The minimum absolute atomic E-state index is 0.989. The van der Waals surface area contributed by atoms with Gasteiger partial charge in [-0.1, -0.05) is 6.92 Å². The standard InChI is InChI=1S/C9H21N2/c1-5-7-10-8-6-9-11(2,3)4/h7H,5-6,8-9H2,1-4H3/q+1. The fraction of sp³-hybridized carbons (Fsp3) is 0.889. The zero-order valence-electron chi connectivity index (χ0n) is 8.30. The summed E-state index contributed by atoms with van der Waals surface area (Å²) in [4.78, 5) is 4.26. The van der Waals surface area contributed by atoms with E-state index >= 15 is 0 Å². The van der Waals surface area contributed by atoms with Gasteiger partial charge in [0.1, 0.15) is 0 Å². The van der Waals surface area contributed by atoms with Crippen LogP contribution in [0, 0.1) is 0 Å². The van der Waals surface area contributed by atoms with Crippen LogP contribution in [0.4, 0.5) is 0 Å². The second-order valence-electron chi connectivity index (χ2n) is 3.86. The first-order chi connectivity index (χ1) is 5.06. The molecule has 0 rings (SSSR count). The highest BCUT2D eigenvalue weighted by molar-refractivity contribution is 5.56. The van der Waals surface area contributed by atoms with Gasteiger partial charge in [0.15, 0.2) is 0 Å². The van der Waals surface area contributed by atoms with E-state index in [1.165, 1.54) is 13.0 Å². The number of hydrogen-bond acceptors (Lipinski definition) is 1. The molecule has 0 saturated heterocycles. The summed E-state index contributed by atoms with van der Waals surface area (Å²) >= 11 is 0. The summed E-state index contributed by atoms with van der Waals surface area (Å²) < 4.78 is 1.04. The van der Waals surface area contributed by atoms with Gasteiger partial charge < -0.3 is 4.48 Å². The molecule has 0 aliphatic carbocycles. The lowest BCUT2D eigenvalue weighted by molar-refractivity contribution is -0.870. The van der Waals surface area contributed by atoms with E-state index in [2.05, 4.69) is 33.1 Å². The molecule has 0 saturated carbocycles. The molecular formula is C9H21N2+. The fourth-order valence-corrected chi connectivity index (χ4v) is 0.857. The largest absolute Gasteiger partial charge is 0.331 e. The van der Waals surface area contributed by atoms with Crippen molar-refractivity contribution in [3.05, 3.63) is 0 Å². The van der Waals surface area contributed by atoms with Crippen LogP contribution in [0.25, 0.3) is 0 Å². The average molecular weight is 157 g/mol. The number of nitrogens with zero attached hydrogens (tertiary/aromatic N) is 2. The Morgan fingerprint density at radius 1 is 1.27 bits per heavy atom. The van der Waals surface area contributed by atoms with Crippen molar-refractivity contribution in [2.45, 2.75) is 19.8 Å². The predicted molar refractivity (Wildman–Crippen MR) is 51.2 cm³/mol. The maximum absolute atomic E-state index is 4.26. The van der Waals surface area contributed by atoms with Gasteiger partial charge in [-0.05, 0) is 12.6 Å². The van der Waals surface area contributed by atoms with Gasteiger partial charge in [0.2, 0.25) is 0 Å². The molecule has 0 aromatic heterocycles. The topological polar surface area (TPSA) is 12.4 Å². The van der Waals surface area contributed by atoms with E-state index in [1.54, 1.807) is 0 Å². The molecule has 0 N–H and O–H groups in total. The third-order valence-corrected chi connectivity index (χ3v) is 1.43. The van der Waals surface area contributed by atoms with Gasteiger partial charge in [-0.25, -0.2) is 0 Å². The first-order valence-electron chi connectivity index (χ1n) is 4.35. The lowest BCUT2D eigenvalue weighted by Gasteiger charge is -2.23. The molecule has 0 spiro atoms. The molecule has 66 valence electrons. The Bertz CT molecular complexity index is 111. The van der Waals surface area contributed by atoms with Crippen LogP contribution in [-0.4, -0.2) is 44.9 Å². The second-order valence-corrected chi connectivity index (χ2v) is 3.86. The first kappa shape index (κ1) is 10.6. The highest BCUT2D eigenvalue weighted by Crippen LogP contribution is 1.93.